The van der Waals surface area contributed by atoms with Crippen molar-refractivity contribution >= 4 is 57.9 Å². The maximum absolute atomic E-state index is 14.6. The fraction of sp³-hybridized carbons (Fsp3) is 0.622. The van der Waals surface area contributed by atoms with E-state index in [4.69, 9.17) is 6.42 Å². The van der Waals surface area contributed by atoms with Gasteiger partial charge in [0.15, 0.2) is 0 Å². The first kappa shape index (κ1) is 41.5. The lowest BCUT2D eigenvalue weighted by Crippen LogP contribution is -2.64. The van der Waals surface area contributed by atoms with E-state index >= 15 is 0 Å². The molecule has 14 heteroatoms. The van der Waals surface area contributed by atoms with E-state index in [-0.39, 0.29) is 43.5 Å². The Morgan fingerprint density at radius 2 is 1.78 bits per heavy atom. The van der Waals surface area contributed by atoms with Crippen LogP contribution in [0.25, 0.3) is 0 Å². The molecule has 2 heterocycles. The SMILES string of the molecule is C#CCCC(NC(=O)[C@@H]1C[C@@H](C(C)C)CN1C(=O)[C@@H](NC(=O)[C@@H](NC(=O)c1cnccn1)C1(I)CCCCC1)C(C)(C)C)C(=O)C(=O)NCC=C. The minimum atomic E-state index is -1.19. The monoisotopic (exact) mass is 817 g/mol. The Balaban J connectivity index is 1.92. The number of alkyl halides is 1. The smallest absolute Gasteiger partial charge is 0.289 e. The number of hydrogen-bond acceptors (Lipinski definition) is 8. The highest BCUT2D eigenvalue weighted by atomic mass is 127. The summed E-state index contributed by atoms with van der Waals surface area (Å²) in [6, 6.07) is -4.22. The largest absolute Gasteiger partial charge is 0.346 e. The van der Waals surface area contributed by atoms with Crippen LogP contribution in [0, 0.1) is 29.6 Å². The van der Waals surface area contributed by atoms with Crippen LogP contribution in [-0.4, -0.2) is 90.9 Å². The zero-order valence-corrected chi connectivity index (χ0v) is 32.5. The second-order valence-corrected chi connectivity index (χ2v) is 17.0. The highest BCUT2D eigenvalue weighted by Crippen LogP contribution is 2.40. The van der Waals surface area contributed by atoms with Crippen LogP contribution in [0.15, 0.2) is 31.2 Å². The lowest BCUT2D eigenvalue weighted by molar-refractivity contribution is -0.145. The summed E-state index contributed by atoms with van der Waals surface area (Å²) in [5.74, 6) is -1.31. The molecular formula is C37H52IN7O6. The van der Waals surface area contributed by atoms with Gasteiger partial charge in [0.05, 0.1) is 15.7 Å². The molecule has 0 radical (unpaired) electrons. The number of carbonyl (C=O) groups is 6. The van der Waals surface area contributed by atoms with Crippen LogP contribution >= 0.6 is 22.6 Å². The van der Waals surface area contributed by atoms with Gasteiger partial charge in [-0.2, -0.15) is 0 Å². The Hall–Kier alpha value is -3.87. The minimum absolute atomic E-state index is 0.0389. The number of hydrogen-bond donors (Lipinski definition) is 4. The standard InChI is InChI=1S/C37H52IN7O6/c1-8-10-14-25(28(46)33(49)41-17-9-2)42-32(48)27-20-24(23(3)4)22-45(27)35(51)30(36(5,6)7)44-34(50)29(37(38)15-12-11-13-16-37)43-31(47)26-21-39-18-19-40-26/h1,9,18-19,21,23-25,27,29-30H,2,10-17,20,22H2,3-7H3,(H,41,49)(H,42,48)(H,43,47)(H,44,50)/t24-,25?,27+,29-,30-/m1/s1. The van der Waals surface area contributed by atoms with Crippen LogP contribution in [0.1, 0.15) is 96.5 Å². The average molecular weight is 818 g/mol. The molecule has 2 aliphatic rings. The first-order chi connectivity index (χ1) is 24.0. The minimum Gasteiger partial charge on any atom is -0.346 e. The van der Waals surface area contributed by atoms with E-state index in [0.717, 1.165) is 19.3 Å². The molecule has 0 spiro atoms. The fourth-order valence-corrected chi connectivity index (χ4v) is 7.74. The molecule has 13 nitrogen and oxygen atoms in total. The molecule has 5 amide bonds. The van der Waals surface area contributed by atoms with Gasteiger partial charge in [0.2, 0.25) is 23.5 Å². The van der Waals surface area contributed by atoms with Gasteiger partial charge in [-0.25, -0.2) is 4.98 Å². The van der Waals surface area contributed by atoms with Crippen LogP contribution in [0.4, 0.5) is 0 Å². The maximum Gasteiger partial charge on any atom is 0.289 e. The molecule has 0 aromatic carbocycles. The van der Waals surface area contributed by atoms with Crippen molar-refractivity contribution in [2.24, 2.45) is 17.3 Å². The summed E-state index contributed by atoms with van der Waals surface area (Å²) >= 11 is 2.27. The number of carbonyl (C=O) groups excluding carboxylic acids is 6. The molecule has 2 fully saturated rings. The summed E-state index contributed by atoms with van der Waals surface area (Å²) in [5, 5.41) is 11.0. The molecule has 3 rings (SSSR count). The van der Waals surface area contributed by atoms with Gasteiger partial charge in [0.25, 0.3) is 11.8 Å². The zero-order chi connectivity index (χ0) is 37.9. The lowest BCUT2D eigenvalue weighted by atomic mass is 9.82. The van der Waals surface area contributed by atoms with Crippen molar-refractivity contribution in [3.05, 3.63) is 36.9 Å². The fourth-order valence-electron chi connectivity index (χ4n) is 6.54. The van der Waals surface area contributed by atoms with E-state index < -0.39 is 68.3 Å². The number of nitrogens with zero attached hydrogens (tertiary/aromatic N) is 3. The second-order valence-electron chi connectivity index (χ2n) is 14.8. The molecule has 278 valence electrons. The Kier molecular flexibility index (Phi) is 15.1. The van der Waals surface area contributed by atoms with Gasteiger partial charge in [-0.15, -0.1) is 18.9 Å². The molecule has 1 aliphatic carbocycles. The van der Waals surface area contributed by atoms with Gasteiger partial charge in [-0.3, -0.25) is 33.8 Å². The van der Waals surface area contributed by atoms with Crippen molar-refractivity contribution in [3.8, 4) is 12.3 Å². The van der Waals surface area contributed by atoms with Crippen LogP contribution in [-0.2, 0) is 24.0 Å². The van der Waals surface area contributed by atoms with E-state index in [1.165, 1.54) is 29.6 Å². The van der Waals surface area contributed by atoms with Crippen LogP contribution in [0.3, 0.4) is 0 Å². The number of terminal acetylenes is 1. The number of Topliss-reactive ketones (excluding diaryl/α,β-unsaturated/α-hetero) is 1. The summed E-state index contributed by atoms with van der Waals surface area (Å²) in [7, 11) is 0. The summed E-state index contributed by atoms with van der Waals surface area (Å²) in [6.07, 6.45) is 15.7. The van der Waals surface area contributed by atoms with Crippen molar-refractivity contribution in [2.45, 2.75) is 114 Å². The summed E-state index contributed by atoms with van der Waals surface area (Å²) in [5.41, 5.74) is -0.736. The molecule has 0 bridgehead atoms. The van der Waals surface area contributed by atoms with Gasteiger partial charge in [0, 0.05) is 31.9 Å². The maximum atomic E-state index is 14.6. The molecule has 1 saturated heterocycles. The molecule has 1 aromatic heterocycles. The zero-order valence-electron chi connectivity index (χ0n) is 30.3. The van der Waals surface area contributed by atoms with Crippen molar-refractivity contribution in [2.75, 3.05) is 13.1 Å². The predicted molar refractivity (Wildman–Crippen MR) is 201 cm³/mol. The molecule has 1 aromatic rings. The Morgan fingerprint density at radius 1 is 1.10 bits per heavy atom. The molecule has 1 aliphatic heterocycles. The normalized spacial score (nSPS) is 20.2. The number of rotatable bonds is 15. The van der Waals surface area contributed by atoms with Gasteiger partial charge >= 0.3 is 0 Å². The number of aromatic nitrogens is 2. The highest BCUT2D eigenvalue weighted by Gasteiger charge is 2.49. The first-order valence-corrected chi connectivity index (χ1v) is 18.6. The van der Waals surface area contributed by atoms with Crippen molar-refractivity contribution in [1.82, 2.24) is 36.1 Å². The third-order valence-electron chi connectivity index (χ3n) is 9.64. The summed E-state index contributed by atoms with van der Waals surface area (Å²) in [4.78, 5) is 91.3. The van der Waals surface area contributed by atoms with Crippen molar-refractivity contribution in [1.29, 1.82) is 0 Å². The molecule has 1 saturated carbocycles. The molecule has 1 unspecified atom stereocenters. The Bertz CT molecular complexity index is 1480. The molecular weight excluding hydrogens is 765 g/mol. The van der Waals surface area contributed by atoms with Gasteiger partial charge in [0.1, 0.15) is 23.8 Å². The summed E-state index contributed by atoms with van der Waals surface area (Å²) < 4.78 is -0.611. The van der Waals surface area contributed by atoms with E-state index in [2.05, 4.69) is 66.3 Å². The number of halogens is 1. The van der Waals surface area contributed by atoms with E-state index in [9.17, 15) is 28.8 Å². The lowest BCUT2D eigenvalue weighted by Gasteiger charge is -2.41. The van der Waals surface area contributed by atoms with Crippen molar-refractivity contribution < 1.29 is 28.8 Å². The van der Waals surface area contributed by atoms with E-state index in [1.54, 1.807) is 0 Å². The van der Waals surface area contributed by atoms with E-state index in [0.29, 0.717) is 19.3 Å². The average Bonchev–Trinajstić information content (AvgIpc) is 3.56. The van der Waals surface area contributed by atoms with Crippen LogP contribution < -0.4 is 21.3 Å². The Morgan fingerprint density at radius 3 is 2.35 bits per heavy atom. The molecule has 4 N–H and O–H groups in total. The highest BCUT2D eigenvalue weighted by molar-refractivity contribution is 14.1. The second kappa shape index (κ2) is 18.6. The molecule has 51 heavy (non-hydrogen) atoms. The number of nitrogens with one attached hydrogen (secondary N) is 4. The Labute approximate surface area is 314 Å². The number of likely N-dealkylation sites (tertiary alicyclic amines) is 1. The summed E-state index contributed by atoms with van der Waals surface area (Å²) in [6.45, 7) is 13.4. The number of amides is 5. The molecule has 5 atom stereocenters. The topological polar surface area (TPSA) is 180 Å². The first-order valence-electron chi connectivity index (χ1n) is 17.6. The van der Waals surface area contributed by atoms with E-state index in [1.807, 2.05) is 34.6 Å². The third-order valence-corrected chi connectivity index (χ3v) is 11.3. The quantitative estimate of drug-likeness (QED) is 0.0687. The predicted octanol–water partition coefficient (Wildman–Crippen LogP) is 2.89. The number of ketones is 1. The van der Waals surface area contributed by atoms with Gasteiger partial charge in [-0.1, -0.05) is 82.5 Å². The van der Waals surface area contributed by atoms with Crippen molar-refractivity contribution in [3.63, 3.8) is 0 Å². The van der Waals surface area contributed by atoms with Gasteiger partial charge < -0.3 is 26.2 Å². The third kappa shape index (κ3) is 11.1. The van der Waals surface area contributed by atoms with Gasteiger partial charge in [-0.05, 0) is 42.9 Å². The van der Waals surface area contributed by atoms with Crippen LogP contribution in [0.2, 0.25) is 0 Å². The van der Waals surface area contributed by atoms with Crippen LogP contribution in [0.5, 0.6) is 0 Å².